The van der Waals surface area contributed by atoms with E-state index in [1.165, 1.54) is 33.4 Å². The third-order valence-electron chi connectivity index (χ3n) is 12.7. The molecule has 0 bridgehead atoms. The highest BCUT2D eigenvalue weighted by Crippen LogP contribution is 2.49. The number of anilines is 2. The fourth-order valence-corrected chi connectivity index (χ4v) is 9.55. The summed E-state index contributed by atoms with van der Waals surface area (Å²) in [6.07, 6.45) is 20.9. The molecule has 0 saturated carbocycles. The van der Waals surface area contributed by atoms with Crippen LogP contribution in [-0.4, -0.2) is 23.2 Å². The summed E-state index contributed by atoms with van der Waals surface area (Å²) >= 11 is 0. The zero-order valence-electron chi connectivity index (χ0n) is 36.4. The lowest BCUT2D eigenvalue weighted by atomic mass is 9.70. The predicted molar refractivity (Wildman–Crippen MR) is 273 cm³/mol. The molecule has 0 spiro atoms. The standard InChI is InChI=1S/C61H46N4/c1-3-12-49-33-48(29-32-56(49)63-53-20-11-19-47(37-53)41-23-21-40(22-24-41)39-62-2)50-34-51(54-30-27-45-26-25-43-17-10-18-44-28-31-55(54)60(45)59(43)44)36-52(35-50)58-38-57(42-13-6-4-7-14-42)64-61(65-58)46-15-8-5-9-16-46/h3-25,27-39,59,63H,26H2,1-2H3/b12-3-,62-39+. The average molecular weight is 835 g/mol. The average Bonchev–Trinajstić information content (AvgIpc) is 3.37. The summed E-state index contributed by atoms with van der Waals surface area (Å²) < 4.78 is 0. The number of nitrogens with one attached hydrogen (secondary N) is 1. The van der Waals surface area contributed by atoms with E-state index in [1.807, 2.05) is 30.5 Å². The molecule has 0 radical (unpaired) electrons. The molecule has 7 aromatic carbocycles. The fraction of sp³-hybridized carbons (Fsp3) is 0.0656. The molecule has 65 heavy (non-hydrogen) atoms. The van der Waals surface area contributed by atoms with E-state index in [0.29, 0.717) is 5.82 Å². The van der Waals surface area contributed by atoms with Gasteiger partial charge in [-0.3, -0.25) is 4.99 Å². The number of hydrogen-bond donors (Lipinski definition) is 1. The molecule has 1 unspecified atom stereocenters. The molecule has 1 aromatic heterocycles. The molecule has 4 nitrogen and oxygen atoms in total. The van der Waals surface area contributed by atoms with E-state index < -0.39 is 0 Å². The maximum atomic E-state index is 5.32. The molecule has 1 heterocycles. The lowest BCUT2D eigenvalue weighted by Gasteiger charge is -2.34. The molecule has 4 heteroatoms. The van der Waals surface area contributed by atoms with Gasteiger partial charge in [-0.15, -0.1) is 0 Å². The van der Waals surface area contributed by atoms with Gasteiger partial charge in [0.2, 0.25) is 0 Å². The van der Waals surface area contributed by atoms with Crippen molar-refractivity contribution in [2.24, 2.45) is 4.99 Å². The number of nitrogens with zero attached hydrogens (tertiary/aromatic N) is 3. The van der Waals surface area contributed by atoms with Gasteiger partial charge in [-0.1, -0.05) is 164 Å². The zero-order valence-corrected chi connectivity index (χ0v) is 36.4. The number of rotatable bonds is 10. The first-order chi connectivity index (χ1) is 32.1. The maximum Gasteiger partial charge on any atom is 0.160 e. The summed E-state index contributed by atoms with van der Waals surface area (Å²) in [5.74, 6) is 0.961. The smallest absolute Gasteiger partial charge is 0.160 e. The molecule has 0 fully saturated rings. The zero-order chi connectivity index (χ0) is 43.7. The number of aliphatic imine (C=N–C) groups is 1. The van der Waals surface area contributed by atoms with Gasteiger partial charge in [-0.25, -0.2) is 9.97 Å². The highest BCUT2D eigenvalue weighted by Gasteiger charge is 2.31. The molecular formula is C61H46N4. The SMILES string of the molecule is C/C=C\c1cc(-c2cc(-c3cc(-c4ccccc4)nc(-c4ccccc4)n3)cc(-c3ccc4c5c3C=CC3=CC=CC(=CC4)C35)c2)ccc1Nc1cccc(-c2ccc(/C=N/C)cc2)c1. The lowest BCUT2D eigenvalue weighted by Crippen LogP contribution is -2.17. The molecular weight excluding hydrogens is 789 g/mol. The monoisotopic (exact) mass is 834 g/mol. The van der Waals surface area contributed by atoms with Crippen molar-refractivity contribution in [2.75, 3.05) is 12.4 Å². The van der Waals surface area contributed by atoms with Crippen LogP contribution in [0.15, 0.2) is 216 Å². The summed E-state index contributed by atoms with van der Waals surface area (Å²) in [6, 6.07) is 58.4. The second kappa shape index (κ2) is 17.2. The van der Waals surface area contributed by atoms with Gasteiger partial charge >= 0.3 is 0 Å². The van der Waals surface area contributed by atoms with E-state index in [1.54, 1.807) is 7.05 Å². The third kappa shape index (κ3) is 7.81. The Labute approximate surface area is 381 Å². The number of aromatic nitrogens is 2. The van der Waals surface area contributed by atoms with Crippen molar-refractivity contribution >= 4 is 29.7 Å². The maximum absolute atomic E-state index is 5.32. The Balaban J connectivity index is 1.05. The first-order valence-electron chi connectivity index (χ1n) is 22.3. The van der Waals surface area contributed by atoms with E-state index in [4.69, 9.17) is 9.97 Å². The molecule has 3 aliphatic carbocycles. The highest BCUT2D eigenvalue weighted by atomic mass is 14.9. The molecule has 0 amide bonds. The van der Waals surface area contributed by atoms with Gasteiger partial charge in [0, 0.05) is 47.2 Å². The summed E-state index contributed by atoms with van der Waals surface area (Å²) in [5, 5.41) is 3.76. The Hall–Kier alpha value is -8.21. The molecule has 3 aliphatic rings. The van der Waals surface area contributed by atoms with E-state index >= 15 is 0 Å². The number of hydrogen-bond acceptors (Lipinski definition) is 4. The topological polar surface area (TPSA) is 50.2 Å². The van der Waals surface area contributed by atoms with Gasteiger partial charge in [0.15, 0.2) is 5.82 Å². The lowest BCUT2D eigenvalue weighted by molar-refractivity contribution is 0.893. The minimum absolute atomic E-state index is 0.264. The highest BCUT2D eigenvalue weighted by molar-refractivity contribution is 5.90. The van der Waals surface area contributed by atoms with Crippen LogP contribution in [0.5, 0.6) is 0 Å². The van der Waals surface area contributed by atoms with Gasteiger partial charge in [-0.2, -0.15) is 0 Å². The van der Waals surface area contributed by atoms with Crippen molar-refractivity contribution < 1.29 is 0 Å². The van der Waals surface area contributed by atoms with Crippen LogP contribution in [-0.2, 0) is 6.42 Å². The van der Waals surface area contributed by atoms with Crippen LogP contribution >= 0.6 is 0 Å². The van der Waals surface area contributed by atoms with Gasteiger partial charge in [0.1, 0.15) is 0 Å². The second-order valence-electron chi connectivity index (χ2n) is 16.8. The van der Waals surface area contributed by atoms with Crippen molar-refractivity contribution in [3.05, 3.63) is 239 Å². The van der Waals surface area contributed by atoms with Gasteiger partial charge in [-0.05, 0) is 134 Å². The molecule has 11 rings (SSSR count). The normalized spacial score (nSPS) is 14.6. The first-order valence-corrected chi connectivity index (χ1v) is 22.3. The van der Waals surface area contributed by atoms with Gasteiger partial charge < -0.3 is 5.32 Å². The van der Waals surface area contributed by atoms with Crippen LogP contribution in [0.2, 0.25) is 0 Å². The van der Waals surface area contributed by atoms with Crippen molar-refractivity contribution in [3.8, 4) is 67.3 Å². The van der Waals surface area contributed by atoms with E-state index in [9.17, 15) is 0 Å². The van der Waals surface area contributed by atoms with E-state index in [0.717, 1.165) is 84.8 Å². The fourth-order valence-electron chi connectivity index (χ4n) is 9.55. The third-order valence-corrected chi connectivity index (χ3v) is 12.7. The summed E-state index contributed by atoms with van der Waals surface area (Å²) in [7, 11) is 1.80. The molecule has 310 valence electrons. The first kappa shape index (κ1) is 39.6. The summed E-state index contributed by atoms with van der Waals surface area (Å²) in [5.41, 5.74) is 22.8. The quantitative estimate of drug-likeness (QED) is 0.140. The molecule has 0 saturated heterocycles. The van der Waals surface area contributed by atoms with Crippen LogP contribution in [0, 0.1) is 0 Å². The van der Waals surface area contributed by atoms with Crippen molar-refractivity contribution in [1.82, 2.24) is 9.97 Å². The van der Waals surface area contributed by atoms with Crippen molar-refractivity contribution in [3.63, 3.8) is 0 Å². The Bertz CT molecular complexity index is 3250. The number of allylic oxidation sites excluding steroid dienone is 8. The Kier molecular flexibility index (Phi) is 10.5. The molecule has 8 aromatic rings. The Morgan fingerprint density at radius 3 is 2.11 bits per heavy atom. The minimum Gasteiger partial charge on any atom is -0.355 e. The second-order valence-corrected chi connectivity index (χ2v) is 16.8. The minimum atomic E-state index is 0.264. The largest absolute Gasteiger partial charge is 0.355 e. The van der Waals surface area contributed by atoms with E-state index in [-0.39, 0.29) is 5.92 Å². The molecule has 0 aliphatic heterocycles. The molecule has 1 atom stereocenters. The van der Waals surface area contributed by atoms with Crippen LogP contribution < -0.4 is 5.32 Å². The Morgan fingerprint density at radius 1 is 0.585 bits per heavy atom. The Morgan fingerprint density at radius 2 is 1.31 bits per heavy atom. The van der Waals surface area contributed by atoms with Gasteiger partial charge in [0.05, 0.1) is 11.4 Å². The summed E-state index contributed by atoms with van der Waals surface area (Å²) in [6.45, 7) is 2.07. The van der Waals surface area contributed by atoms with Crippen LogP contribution in [0.4, 0.5) is 11.4 Å². The van der Waals surface area contributed by atoms with Crippen molar-refractivity contribution in [1.29, 1.82) is 0 Å². The predicted octanol–water partition coefficient (Wildman–Crippen LogP) is 15.4. The number of benzene rings is 7. The summed E-state index contributed by atoms with van der Waals surface area (Å²) in [4.78, 5) is 14.6. The van der Waals surface area contributed by atoms with Crippen LogP contribution in [0.3, 0.4) is 0 Å². The molecule has 1 N–H and O–H groups in total. The van der Waals surface area contributed by atoms with Gasteiger partial charge in [0.25, 0.3) is 0 Å². The van der Waals surface area contributed by atoms with Crippen LogP contribution in [0.1, 0.15) is 40.7 Å². The van der Waals surface area contributed by atoms with Crippen LogP contribution in [0.25, 0.3) is 79.4 Å². The van der Waals surface area contributed by atoms with E-state index in [2.05, 4.69) is 205 Å². The van der Waals surface area contributed by atoms with Crippen molar-refractivity contribution in [2.45, 2.75) is 19.3 Å².